The van der Waals surface area contributed by atoms with Crippen molar-refractivity contribution in [1.82, 2.24) is 9.88 Å². The van der Waals surface area contributed by atoms with E-state index in [9.17, 15) is 18.8 Å². The third-order valence-electron chi connectivity index (χ3n) is 9.06. The summed E-state index contributed by atoms with van der Waals surface area (Å²) in [5.74, 6) is 0.538. The highest BCUT2D eigenvalue weighted by molar-refractivity contribution is 6.39. The molecule has 38 heavy (non-hydrogen) atoms. The molecule has 4 saturated carbocycles. The van der Waals surface area contributed by atoms with Gasteiger partial charge >= 0.3 is 6.03 Å². The largest absolute Gasteiger partial charge is 0.335 e. The van der Waals surface area contributed by atoms with E-state index in [1.54, 1.807) is 41.1 Å². The van der Waals surface area contributed by atoms with Crippen molar-refractivity contribution in [1.29, 1.82) is 0 Å². The number of aromatic nitrogens is 1. The summed E-state index contributed by atoms with van der Waals surface area (Å²) in [6.45, 7) is 0. The van der Waals surface area contributed by atoms with Crippen LogP contribution in [0.4, 0.5) is 14.9 Å². The van der Waals surface area contributed by atoms with Gasteiger partial charge in [0, 0.05) is 11.9 Å². The second-order valence-electron chi connectivity index (χ2n) is 11.5. The van der Waals surface area contributed by atoms with Crippen molar-refractivity contribution in [3.05, 3.63) is 89.5 Å². The smallest absolute Gasteiger partial charge is 0.314 e. The molecule has 0 spiro atoms. The Morgan fingerprint density at radius 1 is 0.842 bits per heavy atom. The predicted octanol–water partition coefficient (Wildman–Crippen LogP) is 5.75. The molecule has 192 valence electrons. The number of barbiturate groups is 1. The predicted molar refractivity (Wildman–Crippen MR) is 141 cm³/mol. The van der Waals surface area contributed by atoms with Gasteiger partial charge < -0.3 is 4.57 Å². The van der Waals surface area contributed by atoms with Crippen molar-refractivity contribution in [2.24, 2.45) is 17.8 Å². The molecule has 0 atom stereocenters. The molecule has 0 radical (unpaired) electrons. The standard InChI is InChI=1S/C31H28FN3O3/c32-26-5-1-2-6-27(26)34-11-3-4-24(34)15-25-28(36)33-30(38)35(29(25)37)23-9-7-22(8-10-23)31-16-19-12-20(17-31)14-21(13-19)18-31/h1-11,15,19-21H,12-14,16-18H2,(H,33,36,38)/b25-15+. The number of carbonyl (C=O) groups excluding carboxylic acids is 3. The van der Waals surface area contributed by atoms with Gasteiger partial charge in [-0.25, -0.2) is 14.1 Å². The third kappa shape index (κ3) is 3.63. The second kappa shape index (κ2) is 8.51. The van der Waals surface area contributed by atoms with Crippen molar-refractivity contribution in [2.45, 2.75) is 43.9 Å². The van der Waals surface area contributed by atoms with Crippen LogP contribution in [0.1, 0.15) is 49.8 Å². The molecule has 5 aliphatic rings. The number of urea groups is 1. The Balaban J connectivity index is 1.19. The zero-order valence-corrected chi connectivity index (χ0v) is 20.9. The van der Waals surface area contributed by atoms with Gasteiger partial charge in [0.25, 0.3) is 11.8 Å². The van der Waals surface area contributed by atoms with Gasteiger partial charge in [-0.15, -0.1) is 0 Å². The average molecular weight is 510 g/mol. The second-order valence-corrected chi connectivity index (χ2v) is 11.5. The van der Waals surface area contributed by atoms with E-state index in [-0.39, 0.29) is 11.0 Å². The molecule has 2 aromatic carbocycles. The van der Waals surface area contributed by atoms with Crippen molar-refractivity contribution in [3.8, 4) is 5.69 Å². The zero-order valence-electron chi connectivity index (χ0n) is 20.9. The molecular weight excluding hydrogens is 481 g/mol. The number of hydrogen-bond donors (Lipinski definition) is 1. The van der Waals surface area contributed by atoms with Gasteiger partial charge in [-0.1, -0.05) is 24.3 Å². The van der Waals surface area contributed by atoms with Crippen LogP contribution < -0.4 is 10.2 Å². The number of rotatable bonds is 4. The van der Waals surface area contributed by atoms with Crippen LogP contribution in [-0.4, -0.2) is 22.4 Å². The first-order chi connectivity index (χ1) is 18.4. The fourth-order valence-electron chi connectivity index (χ4n) is 7.85. The summed E-state index contributed by atoms with van der Waals surface area (Å²) in [5.41, 5.74) is 2.47. The van der Waals surface area contributed by atoms with Crippen LogP contribution in [0.25, 0.3) is 11.8 Å². The summed E-state index contributed by atoms with van der Waals surface area (Å²) in [5, 5.41) is 2.29. The van der Waals surface area contributed by atoms with Crippen LogP contribution in [0.2, 0.25) is 0 Å². The molecule has 4 bridgehead atoms. The van der Waals surface area contributed by atoms with E-state index >= 15 is 0 Å². The number of benzene rings is 2. The van der Waals surface area contributed by atoms with Crippen molar-refractivity contribution in [3.63, 3.8) is 0 Å². The summed E-state index contributed by atoms with van der Waals surface area (Å²) in [7, 11) is 0. The quantitative estimate of drug-likeness (QED) is 0.360. The Morgan fingerprint density at radius 2 is 1.50 bits per heavy atom. The van der Waals surface area contributed by atoms with E-state index in [2.05, 4.69) is 17.4 Å². The fraction of sp³-hybridized carbons (Fsp3) is 0.323. The van der Waals surface area contributed by atoms with E-state index in [4.69, 9.17) is 0 Å². The highest BCUT2D eigenvalue weighted by Gasteiger charge is 2.51. The lowest BCUT2D eigenvalue weighted by Crippen LogP contribution is -2.54. The number of hydrogen-bond acceptors (Lipinski definition) is 3. The lowest BCUT2D eigenvalue weighted by molar-refractivity contribution is -0.122. The Hall–Kier alpha value is -4.00. The summed E-state index contributed by atoms with van der Waals surface area (Å²) < 4.78 is 16.0. The highest BCUT2D eigenvalue weighted by atomic mass is 19.1. The van der Waals surface area contributed by atoms with Gasteiger partial charge in [-0.2, -0.15) is 0 Å². The molecular formula is C31H28FN3O3. The number of carbonyl (C=O) groups is 3. The van der Waals surface area contributed by atoms with Crippen molar-refractivity contribution >= 4 is 29.6 Å². The number of anilines is 1. The van der Waals surface area contributed by atoms with Gasteiger partial charge in [0.05, 0.1) is 11.4 Å². The molecule has 7 heteroatoms. The Kier molecular flexibility index (Phi) is 5.18. The minimum absolute atomic E-state index is 0.189. The zero-order chi connectivity index (χ0) is 26.0. The minimum atomic E-state index is -0.775. The van der Waals surface area contributed by atoms with Crippen LogP contribution in [0.15, 0.2) is 72.4 Å². The van der Waals surface area contributed by atoms with Crippen LogP contribution in [0.3, 0.4) is 0 Å². The fourth-order valence-corrected chi connectivity index (χ4v) is 7.85. The lowest BCUT2D eigenvalue weighted by atomic mass is 9.48. The molecule has 4 amide bonds. The van der Waals surface area contributed by atoms with Crippen LogP contribution in [0.5, 0.6) is 0 Å². The molecule has 6 nitrogen and oxygen atoms in total. The maximum atomic E-state index is 14.4. The Morgan fingerprint density at radius 3 is 2.16 bits per heavy atom. The van der Waals surface area contributed by atoms with Crippen LogP contribution >= 0.6 is 0 Å². The van der Waals surface area contributed by atoms with E-state index in [0.717, 1.165) is 22.7 Å². The SMILES string of the molecule is O=C1NC(=O)N(c2ccc(C34CC5CC(CC(C5)C3)C4)cc2)C(=O)/C1=C/c1cccn1-c1ccccc1F. The number of para-hydroxylation sites is 1. The summed E-state index contributed by atoms with van der Waals surface area (Å²) in [6.07, 6.45) is 10.8. The van der Waals surface area contributed by atoms with Gasteiger partial charge in [-0.05, 0) is 110 Å². The molecule has 1 aromatic heterocycles. The molecule has 1 saturated heterocycles. The van der Waals surface area contributed by atoms with Gasteiger partial charge in [0.2, 0.25) is 0 Å². The number of imide groups is 2. The van der Waals surface area contributed by atoms with E-state index in [1.807, 2.05) is 12.1 Å². The third-order valence-corrected chi connectivity index (χ3v) is 9.06. The molecule has 5 fully saturated rings. The number of nitrogens with one attached hydrogen (secondary N) is 1. The number of halogens is 1. The number of amides is 4. The first-order valence-electron chi connectivity index (χ1n) is 13.3. The normalized spacial score (nSPS) is 29.3. The molecule has 3 aromatic rings. The minimum Gasteiger partial charge on any atom is -0.314 e. The van der Waals surface area contributed by atoms with E-state index in [0.29, 0.717) is 17.1 Å². The molecule has 1 aliphatic heterocycles. The van der Waals surface area contributed by atoms with Crippen molar-refractivity contribution in [2.75, 3.05) is 4.90 Å². The molecule has 1 N–H and O–H groups in total. The monoisotopic (exact) mass is 509 g/mol. The van der Waals surface area contributed by atoms with E-state index < -0.39 is 23.7 Å². The molecule has 0 unspecified atom stereocenters. The summed E-state index contributed by atoms with van der Waals surface area (Å²) in [4.78, 5) is 40.0. The van der Waals surface area contributed by atoms with Crippen LogP contribution in [-0.2, 0) is 15.0 Å². The first-order valence-corrected chi connectivity index (χ1v) is 13.3. The average Bonchev–Trinajstić information content (AvgIpc) is 3.34. The Labute approximate surface area is 220 Å². The van der Waals surface area contributed by atoms with Gasteiger partial charge in [-0.3, -0.25) is 14.9 Å². The van der Waals surface area contributed by atoms with Crippen molar-refractivity contribution < 1.29 is 18.8 Å². The molecule has 4 aliphatic carbocycles. The summed E-state index contributed by atoms with van der Waals surface area (Å²) >= 11 is 0. The number of nitrogens with zero attached hydrogens (tertiary/aromatic N) is 2. The maximum Gasteiger partial charge on any atom is 0.335 e. The lowest BCUT2D eigenvalue weighted by Gasteiger charge is -2.57. The Bertz CT molecular complexity index is 1470. The molecule has 8 rings (SSSR count). The van der Waals surface area contributed by atoms with Crippen LogP contribution in [0, 0.1) is 23.6 Å². The topological polar surface area (TPSA) is 71.4 Å². The molecule has 2 heterocycles. The van der Waals surface area contributed by atoms with Gasteiger partial charge in [0.15, 0.2) is 0 Å². The van der Waals surface area contributed by atoms with E-state index in [1.165, 1.54) is 56.2 Å². The highest BCUT2D eigenvalue weighted by Crippen LogP contribution is 2.60. The van der Waals surface area contributed by atoms with Gasteiger partial charge in [0.1, 0.15) is 11.4 Å². The summed E-state index contributed by atoms with van der Waals surface area (Å²) in [6, 6.07) is 16.6. The first kappa shape index (κ1) is 23.1. The maximum absolute atomic E-state index is 14.4.